The van der Waals surface area contributed by atoms with Crippen LogP contribution >= 0.6 is 0 Å². The lowest BCUT2D eigenvalue weighted by atomic mass is 9.65. The largest absolute Gasteiger partial charge is 0.508 e. The Balaban J connectivity index is 1.38. The van der Waals surface area contributed by atoms with Crippen LogP contribution in [0.2, 0.25) is 0 Å². The molecule has 0 bridgehead atoms. The molecule has 9 nitrogen and oxygen atoms in total. The molecule has 8 rings (SSSR count). The van der Waals surface area contributed by atoms with Gasteiger partial charge in [-0.05, 0) is 76.9 Å². The number of ether oxygens (including phenoxy) is 2. The summed E-state index contributed by atoms with van der Waals surface area (Å²) in [4.78, 5) is 44.7. The number of fused-ring (bicyclic) bond motifs is 3. The van der Waals surface area contributed by atoms with Crippen molar-refractivity contribution in [2.75, 3.05) is 12.4 Å². The molecule has 3 aliphatic heterocycles. The van der Waals surface area contributed by atoms with Crippen LogP contribution in [-0.2, 0) is 24.5 Å². The number of methoxy groups -OCH3 is 1. The minimum atomic E-state index is -1.81. The SMILES string of the molecule is COc1ccc(C#Cc2ccc3c(c2)[C@]2(C(=O)N3)[C@H](c3ccc(O)cc3)N3[C@H](c4ccccc4)[C@H](c4ccccc4)OC(=O)[C@H]3[C@@H]2C(=O)O)cc1. The number of phenols is 1. The van der Waals surface area contributed by atoms with Gasteiger partial charge in [-0.15, -0.1) is 0 Å². The molecule has 0 saturated carbocycles. The quantitative estimate of drug-likeness (QED) is 0.150. The van der Waals surface area contributed by atoms with E-state index in [4.69, 9.17) is 9.47 Å². The van der Waals surface area contributed by atoms with E-state index in [9.17, 15) is 24.6 Å². The fourth-order valence-electron chi connectivity index (χ4n) is 8.13. The number of benzene rings is 5. The summed E-state index contributed by atoms with van der Waals surface area (Å²) in [6.07, 6.45) is -0.827. The summed E-state index contributed by atoms with van der Waals surface area (Å²) < 4.78 is 11.5. The Morgan fingerprint density at radius 1 is 0.784 bits per heavy atom. The Kier molecular flexibility index (Phi) is 7.81. The van der Waals surface area contributed by atoms with E-state index in [-0.39, 0.29) is 5.75 Å². The number of carboxylic acids is 1. The normalized spacial score (nSPS) is 24.8. The second-order valence-corrected chi connectivity index (χ2v) is 12.9. The molecule has 3 N–H and O–H groups in total. The summed E-state index contributed by atoms with van der Waals surface area (Å²) in [6.45, 7) is 0. The highest BCUT2D eigenvalue weighted by Gasteiger charge is 2.74. The lowest BCUT2D eigenvalue weighted by Crippen LogP contribution is -2.52. The number of carboxylic acid groups (broad SMARTS) is 1. The number of nitrogens with one attached hydrogen (secondary N) is 1. The first-order valence-electron chi connectivity index (χ1n) is 16.5. The Labute approximate surface area is 294 Å². The molecule has 0 radical (unpaired) electrons. The molecule has 1 spiro atoms. The van der Waals surface area contributed by atoms with E-state index in [1.54, 1.807) is 37.4 Å². The number of phenolic OH excluding ortho intramolecular Hbond substituents is 1. The van der Waals surface area contributed by atoms with Crippen molar-refractivity contribution in [2.24, 2.45) is 5.92 Å². The summed E-state index contributed by atoms with van der Waals surface area (Å²) >= 11 is 0. The molecule has 5 aromatic carbocycles. The molecule has 6 atom stereocenters. The van der Waals surface area contributed by atoms with Gasteiger partial charge in [0.05, 0.1) is 19.2 Å². The minimum Gasteiger partial charge on any atom is -0.508 e. The lowest BCUT2D eigenvalue weighted by molar-refractivity contribution is -0.179. The van der Waals surface area contributed by atoms with E-state index in [2.05, 4.69) is 17.2 Å². The van der Waals surface area contributed by atoms with Crippen LogP contribution in [0.1, 0.15) is 51.6 Å². The van der Waals surface area contributed by atoms with Crippen molar-refractivity contribution in [1.82, 2.24) is 4.90 Å². The van der Waals surface area contributed by atoms with Crippen LogP contribution in [-0.4, -0.2) is 46.1 Å². The topological polar surface area (TPSA) is 125 Å². The van der Waals surface area contributed by atoms with Crippen molar-refractivity contribution in [2.45, 2.75) is 29.6 Å². The van der Waals surface area contributed by atoms with Crippen LogP contribution in [0.4, 0.5) is 5.69 Å². The van der Waals surface area contributed by atoms with Gasteiger partial charge in [-0.25, -0.2) is 0 Å². The number of carbonyl (C=O) groups excluding carboxylic acids is 2. The van der Waals surface area contributed by atoms with E-state index in [0.29, 0.717) is 28.1 Å². The first-order chi connectivity index (χ1) is 24.8. The van der Waals surface area contributed by atoms with E-state index in [1.807, 2.05) is 89.8 Å². The van der Waals surface area contributed by atoms with Crippen LogP contribution < -0.4 is 10.1 Å². The number of amides is 1. The van der Waals surface area contributed by atoms with Gasteiger partial charge in [-0.1, -0.05) is 84.6 Å². The molecule has 3 aliphatic rings. The zero-order valence-corrected chi connectivity index (χ0v) is 27.4. The minimum absolute atomic E-state index is 0.00400. The maximum Gasteiger partial charge on any atom is 0.325 e. The summed E-state index contributed by atoms with van der Waals surface area (Å²) in [5.41, 5.74) is 2.42. The molecule has 0 aromatic heterocycles. The third kappa shape index (κ3) is 5.11. The average Bonchev–Trinajstić information content (AvgIpc) is 3.64. The van der Waals surface area contributed by atoms with Crippen molar-refractivity contribution in [3.05, 3.63) is 161 Å². The molecule has 5 aromatic rings. The van der Waals surface area contributed by atoms with E-state index in [0.717, 1.165) is 16.7 Å². The molecule has 252 valence electrons. The number of hydrogen-bond acceptors (Lipinski definition) is 7. The number of morpholine rings is 1. The summed E-state index contributed by atoms with van der Waals surface area (Å²) in [7, 11) is 1.59. The maximum absolute atomic E-state index is 14.8. The lowest BCUT2D eigenvalue weighted by Gasteiger charge is -2.46. The number of hydrogen-bond donors (Lipinski definition) is 3. The van der Waals surface area contributed by atoms with E-state index < -0.39 is 53.4 Å². The third-order valence-electron chi connectivity index (χ3n) is 10.2. The number of rotatable bonds is 5. The van der Waals surface area contributed by atoms with Gasteiger partial charge in [0.2, 0.25) is 5.91 Å². The summed E-state index contributed by atoms with van der Waals surface area (Å²) in [5.74, 6) is 2.87. The highest BCUT2D eigenvalue weighted by molar-refractivity contribution is 6.11. The molecule has 0 unspecified atom stereocenters. The molecule has 2 fully saturated rings. The highest BCUT2D eigenvalue weighted by Crippen LogP contribution is 2.64. The molecule has 0 aliphatic carbocycles. The second-order valence-electron chi connectivity index (χ2n) is 12.9. The number of cyclic esters (lactones) is 1. The zero-order valence-electron chi connectivity index (χ0n) is 27.4. The smallest absolute Gasteiger partial charge is 0.325 e. The van der Waals surface area contributed by atoms with Gasteiger partial charge in [0, 0.05) is 16.8 Å². The molecular weight excluding hydrogens is 644 g/mol. The number of aliphatic carboxylic acids is 1. The van der Waals surface area contributed by atoms with Gasteiger partial charge in [0.25, 0.3) is 0 Å². The van der Waals surface area contributed by atoms with Gasteiger partial charge in [0.1, 0.15) is 35.0 Å². The molecular formula is C42H32N2O7. The number of carbonyl (C=O) groups is 3. The molecule has 3 heterocycles. The van der Waals surface area contributed by atoms with Crippen LogP contribution in [0.3, 0.4) is 0 Å². The number of anilines is 1. The van der Waals surface area contributed by atoms with Crippen LogP contribution in [0.5, 0.6) is 11.5 Å². The average molecular weight is 677 g/mol. The number of nitrogens with zero attached hydrogens (tertiary/aromatic N) is 1. The van der Waals surface area contributed by atoms with Crippen molar-refractivity contribution in [3.8, 4) is 23.3 Å². The maximum atomic E-state index is 14.8. The van der Waals surface area contributed by atoms with Gasteiger partial charge < -0.3 is 25.0 Å². The molecule has 2 saturated heterocycles. The molecule has 1 amide bonds. The van der Waals surface area contributed by atoms with Gasteiger partial charge >= 0.3 is 11.9 Å². The second kappa shape index (κ2) is 12.5. The van der Waals surface area contributed by atoms with Crippen LogP contribution in [0.15, 0.2) is 127 Å². The molecule has 51 heavy (non-hydrogen) atoms. The van der Waals surface area contributed by atoms with Crippen molar-refractivity contribution in [1.29, 1.82) is 0 Å². The summed E-state index contributed by atoms with van der Waals surface area (Å²) in [5, 5.41) is 24.5. The predicted octanol–water partition coefficient (Wildman–Crippen LogP) is 6.16. The third-order valence-corrected chi connectivity index (χ3v) is 10.2. The Morgan fingerprint density at radius 3 is 2.06 bits per heavy atom. The van der Waals surface area contributed by atoms with Crippen molar-refractivity contribution < 1.29 is 34.1 Å². The van der Waals surface area contributed by atoms with Gasteiger partial charge in [-0.2, -0.15) is 0 Å². The van der Waals surface area contributed by atoms with Crippen molar-refractivity contribution >= 4 is 23.5 Å². The zero-order chi connectivity index (χ0) is 35.3. The summed E-state index contributed by atoms with van der Waals surface area (Å²) in [6, 6.07) is 34.7. The standard InChI is InChI=1S/C42H32N2O7/c1-50-31-21-14-25(15-22-31)12-13-26-16-23-33-32(24-26)42(41(49)43-33)34(39(46)47)36-40(48)51-37(28-10-6-3-7-11-28)35(27-8-4-2-5-9-27)44(36)38(42)29-17-19-30(45)20-18-29/h2-11,14-24,34-38,45H,1H3,(H,43,49)(H,46,47)/t34-,35-,36-,37+,38+,42-/m1/s1. The Morgan fingerprint density at radius 2 is 1.41 bits per heavy atom. The monoisotopic (exact) mass is 676 g/mol. The Bertz CT molecular complexity index is 2210. The van der Waals surface area contributed by atoms with Crippen LogP contribution in [0, 0.1) is 17.8 Å². The number of aromatic hydroxyl groups is 1. The van der Waals surface area contributed by atoms with Gasteiger partial charge in [-0.3, -0.25) is 19.3 Å². The Hall–Kier alpha value is -6.37. The van der Waals surface area contributed by atoms with E-state index in [1.165, 1.54) is 12.1 Å². The highest BCUT2D eigenvalue weighted by atomic mass is 16.6. The van der Waals surface area contributed by atoms with Crippen LogP contribution in [0.25, 0.3) is 0 Å². The van der Waals surface area contributed by atoms with E-state index >= 15 is 0 Å². The fraction of sp³-hybridized carbons (Fsp3) is 0.167. The first-order valence-corrected chi connectivity index (χ1v) is 16.5. The first kappa shape index (κ1) is 31.9. The molecule has 9 heteroatoms. The predicted molar refractivity (Wildman–Crippen MR) is 188 cm³/mol. The number of esters is 1. The van der Waals surface area contributed by atoms with Gasteiger partial charge in [0.15, 0.2) is 0 Å². The fourth-order valence-corrected chi connectivity index (χ4v) is 8.13. The van der Waals surface area contributed by atoms with Crippen molar-refractivity contribution in [3.63, 3.8) is 0 Å².